The molecule has 5 heteroatoms. The van der Waals surface area contributed by atoms with Crippen molar-refractivity contribution in [1.82, 2.24) is 0 Å². The quantitative estimate of drug-likeness (QED) is 0.167. The van der Waals surface area contributed by atoms with Crippen LogP contribution in [0.5, 0.6) is 0 Å². The molecule has 0 saturated heterocycles. The van der Waals surface area contributed by atoms with Crippen LogP contribution in [0.2, 0.25) is 0 Å². The summed E-state index contributed by atoms with van der Waals surface area (Å²) in [6.07, 6.45) is 7.18. The predicted octanol–water partition coefficient (Wildman–Crippen LogP) is 7.41. The maximum atomic E-state index is 14.8. The first-order chi connectivity index (χ1) is 17.7. The van der Waals surface area contributed by atoms with E-state index in [9.17, 15) is 14.0 Å². The first-order valence-corrected chi connectivity index (χ1v) is 11.7. The smallest absolute Gasteiger partial charge is 0.333 e. The minimum absolute atomic E-state index is 0.127. The molecule has 0 radical (unpaired) electrons. The molecular weight excluding hydrogens is 467 g/mol. The minimum atomic E-state index is -0.442. The molecule has 3 aromatic rings. The van der Waals surface area contributed by atoms with Gasteiger partial charge in [0.2, 0.25) is 0 Å². The van der Waals surface area contributed by atoms with Gasteiger partial charge < -0.3 is 9.47 Å². The topological polar surface area (TPSA) is 52.6 Å². The van der Waals surface area contributed by atoms with Gasteiger partial charge in [0, 0.05) is 16.7 Å². The van der Waals surface area contributed by atoms with E-state index in [-0.39, 0.29) is 19.0 Å². The van der Waals surface area contributed by atoms with E-state index in [0.29, 0.717) is 22.3 Å². The van der Waals surface area contributed by atoms with Gasteiger partial charge in [0.15, 0.2) is 0 Å². The molecule has 188 valence electrons. The molecule has 0 aliphatic rings. The van der Waals surface area contributed by atoms with E-state index < -0.39 is 11.9 Å². The molecule has 0 aliphatic carbocycles. The lowest BCUT2D eigenvalue weighted by Crippen LogP contribution is -2.05. The Bertz CT molecular complexity index is 1380. The molecule has 37 heavy (non-hydrogen) atoms. The Morgan fingerprint density at radius 2 is 1.35 bits per heavy atom. The molecule has 4 nitrogen and oxygen atoms in total. The van der Waals surface area contributed by atoms with Crippen LogP contribution in [0.1, 0.15) is 47.2 Å². The fourth-order valence-corrected chi connectivity index (χ4v) is 3.31. The third-order valence-corrected chi connectivity index (χ3v) is 5.37. The van der Waals surface area contributed by atoms with Gasteiger partial charge in [0.05, 0.1) is 0 Å². The second-order valence-electron chi connectivity index (χ2n) is 8.60. The van der Waals surface area contributed by atoms with E-state index in [1.165, 1.54) is 6.07 Å². The Hall–Kier alpha value is -4.51. The molecule has 0 heterocycles. The third kappa shape index (κ3) is 8.29. The van der Waals surface area contributed by atoms with E-state index >= 15 is 0 Å². The van der Waals surface area contributed by atoms with Crippen LogP contribution in [-0.4, -0.2) is 11.9 Å². The predicted molar refractivity (Wildman–Crippen MR) is 146 cm³/mol. The van der Waals surface area contributed by atoms with Gasteiger partial charge in [0.25, 0.3) is 0 Å². The fourth-order valence-electron chi connectivity index (χ4n) is 3.31. The molecule has 0 N–H and O–H groups in total. The van der Waals surface area contributed by atoms with Gasteiger partial charge in [-0.25, -0.2) is 14.0 Å². The highest BCUT2D eigenvalue weighted by molar-refractivity contribution is 5.87. The van der Waals surface area contributed by atoms with E-state index in [1.807, 2.05) is 66.7 Å². The Morgan fingerprint density at radius 3 is 2.03 bits per heavy atom. The molecule has 0 saturated carbocycles. The standard InChI is InChI=1S/C32H29FO4/c1-22(2)31(34)36-20-26-9-7-8-24(18-26)13-16-28-17-14-25(19-30(28)33)12-15-27-10-5-6-11-29(27)21-37-32(35)23(3)4/h5-19H,1,3,20-21H2,2,4H3. The second kappa shape index (κ2) is 13.0. The number of carbonyl (C=O) groups is 2. The summed E-state index contributed by atoms with van der Waals surface area (Å²) in [4.78, 5) is 23.3. The maximum Gasteiger partial charge on any atom is 0.333 e. The molecular formula is C32H29FO4. The van der Waals surface area contributed by atoms with Crippen LogP contribution in [0, 0.1) is 5.82 Å². The summed E-state index contributed by atoms with van der Waals surface area (Å²) in [5, 5.41) is 0. The SMILES string of the molecule is C=C(C)C(=O)OCc1cccc(C=Cc2ccc(C=Cc3ccccc3COC(=O)C(=C)C)cc2F)c1. The number of halogens is 1. The highest BCUT2D eigenvalue weighted by atomic mass is 19.1. The van der Waals surface area contributed by atoms with Crippen molar-refractivity contribution in [3.63, 3.8) is 0 Å². The fraction of sp³-hybridized carbons (Fsp3) is 0.125. The molecule has 0 amide bonds. The molecule has 3 aromatic carbocycles. The summed E-state index contributed by atoms with van der Waals surface area (Å²) in [5.74, 6) is -1.23. The third-order valence-electron chi connectivity index (χ3n) is 5.37. The van der Waals surface area contributed by atoms with Crippen molar-refractivity contribution in [3.8, 4) is 0 Å². The average molecular weight is 497 g/mol. The maximum absolute atomic E-state index is 14.8. The number of hydrogen-bond donors (Lipinski definition) is 0. The van der Waals surface area contributed by atoms with E-state index in [0.717, 1.165) is 22.3 Å². The number of ether oxygens (including phenoxy) is 2. The van der Waals surface area contributed by atoms with Crippen molar-refractivity contribution in [2.75, 3.05) is 0 Å². The van der Waals surface area contributed by atoms with Gasteiger partial charge in [-0.3, -0.25) is 0 Å². The van der Waals surface area contributed by atoms with Crippen LogP contribution in [0.15, 0.2) is 91.0 Å². The number of rotatable bonds is 10. The van der Waals surface area contributed by atoms with Crippen molar-refractivity contribution >= 4 is 36.2 Å². The van der Waals surface area contributed by atoms with Crippen LogP contribution in [0.3, 0.4) is 0 Å². The first kappa shape index (κ1) is 27.1. The van der Waals surface area contributed by atoms with Crippen LogP contribution in [0.4, 0.5) is 4.39 Å². The Kier molecular flexibility index (Phi) is 9.50. The van der Waals surface area contributed by atoms with Gasteiger partial charge >= 0.3 is 11.9 Å². The van der Waals surface area contributed by atoms with Gasteiger partial charge in [-0.2, -0.15) is 0 Å². The highest BCUT2D eigenvalue weighted by Crippen LogP contribution is 2.19. The van der Waals surface area contributed by atoms with E-state index in [4.69, 9.17) is 9.47 Å². The number of hydrogen-bond acceptors (Lipinski definition) is 4. The summed E-state index contributed by atoms with van der Waals surface area (Å²) in [5.41, 5.74) is 5.23. The molecule has 0 spiro atoms. The largest absolute Gasteiger partial charge is 0.457 e. The van der Waals surface area contributed by atoms with Gasteiger partial charge in [-0.05, 0) is 53.8 Å². The number of benzene rings is 3. The highest BCUT2D eigenvalue weighted by Gasteiger charge is 2.07. The molecule has 0 atom stereocenters. The zero-order valence-electron chi connectivity index (χ0n) is 21.0. The molecule has 0 aromatic heterocycles. The zero-order valence-corrected chi connectivity index (χ0v) is 21.0. The Morgan fingerprint density at radius 1 is 0.730 bits per heavy atom. The van der Waals surface area contributed by atoms with Crippen molar-refractivity contribution in [1.29, 1.82) is 0 Å². The lowest BCUT2D eigenvalue weighted by Gasteiger charge is -2.07. The van der Waals surface area contributed by atoms with Crippen molar-refractivity contribution in [2.24, 2.45) is 0 Å². The Balaban J connectivity index is 1.68. The minimum Gasteiger partial charge on any atom is -0.457 e. The van der Waals surface area contributed by atoms with Gasteiger partial charge in [-0.1, -0.05) is 92.1 Å². The summed E-state index contributed by atoms with van der Waals surface area (Å²) < 4.78 is 25.2. The number of esters is 2. The zero-order chi connectivity index (χ0) is 26.8. The molecule has 0 aliphatic heterocycles. The van der Waals surface area contributed by atoms with Crippen molar-refractivity contribution in [3.05, 3.63) is 130 Å². The van der Waals surface area contributed by atoms with Crippen LogP contribution in [0.25, 0.3) is 24.3 Å². The van der Waals surface area contributed by atoms with Crippen LogP contribution < -0.4 is 0 Å². The van der Waals surface area contributed by atoms with Crippen molar-refractivity contribution < 1.29 is 23.5 Å². The summed E-state index contributed by atoms with van der Waals surface area (Å²) in [6.45, 7) is 10.6. The van der Waals surface area contributed by atoms with E-state index in [1.54, 1.807) is 32.1 Å². The Labute approximate surface area is 217 Å². The number of carbonyl (C=O) groups excluding carboxylic acids is 2. The summed E-state index contributed by atoms with van der Waals surface area (Å²) >= 11 is 0. The van der Waals surface area contributed by atoms with Crippen LogP contribution in [-0.2, 0) is 32.3 Å². The molecule has 3 rings (SSSR count). The second-order valence-corrected chi connectivity index (χ2v) is 8.60. The molecule has 0 unspecified atom stereocenters. The monoisotopic (exact) mass is 496 g/mol. The molecule has 0 fully saturated rings. The average Bonchev–Trinajstić information content (AvgIpc) is 2.89. The lowest BCUT2D eigenvalue weighted by molar-refractivity contribution is -0.141. The van der Waals surface area contributed by atoms with E-state index in [2.05, 4.69) is 13.2 Å². The van der Waals surface area contributed by atoms with Gasteiger partial charge in [0.1, 0.15) is 19.0 Å². The summed E-state index contributed by atoms with van der Waals surface area (Å²) in [6, 6.07) is 20.0. The normalized spacial score (nSPS) is 11.0. The summed E-state index contributed by atoms with van der Waals surface area (Å²) in [7, 11) is 0. The van der Waals surface area contributed by atoms with Crippen LogP contribution >= 0.6 is 0 Å². The van der Waals surface area contributed by atoms with Crippen molar-refractivity contribution in [2.45, 2.75) is 27.1 Å². The molecule has 0 bridgehead atoms. The van der Waals surface area contributed by atoms with Gasteiger partial charge in [-0.15, -0.1) is 0 Å². The lowest BCUT2D eigenvalue weighted by atomic mass is 10.0. The first-order valence-electron chi connectivity index (χ1n) is 11.7.